The zero-order valence-electron chi connectivity index (χ0n) is 14.3. The predicted octanol–water partition coefficient (Wildman–Crippen LogP) is 2.17. The van der Waals surface area contributed by atoms with Gasteiger partial charge in [-0.2, -0.15) is 11.8 Å². The average Bonchev–Trinajstić information content (AvgIpc) is 2.76. The van der Waals surface area contributed by atoms with Crippen molar-refractivity contribution in [3.8, 4) is 0 Å². The SMILES string of the molecule is CC1(C)OB(c2ccc(C(=O)N3CCSCC3)cc2)OC1(C)C. The second-order valence-electron chi connectivity index (χ2n) is 7.11. The maximum atomic E-state index is 12.5. The molecule has 0 radical (unpaired) electrons. The van der Waals surface area contributed by atoms with Crippen molar-refractivity contribution in [3.05, 3.63) is 29.8 Å². The van der Waals surface area contributed by atoms with Gasteiger partial charge in [-0.25, -0.2) is 0 Å². The minimum Gasteiger partial charge on any atom is -0.399 e. The summed E-state index contributed by atoms with van der Waals surface area (Å²) in [5, 5.41) is 0. The van der Waals surface area contributed by atoms with Gasteiger partial charge in [0.05, 0.1) is 11.2 Å². The number of rotatable bonds is 2. The first kappa shape index (κ1) is 16.9. The van der Waals surface area contributed by atoms with Crippen LogP contribution in [0.3, 0.4) is 0 Å². The smallest absolute Gasteiger partial charge is 0.399 e. The summed E-state index contributed by atoms with van der Waals surface area (Å²) in [6.45, 7) is 9.84. The third-order valence-corrected chi connectivity index (χ3v) is 5.92. The van der Waals surface area contributed by atoms with E-state index in [1.54, 1.807) is 0 Å². The molecule has 0 atom stereocenters. The molecule has 124 valence electrons. The molecule has 3 rings (SSSR count). The summed E-state index contributed by atoms with van der Waals surface area (Å²) in [5.41, 5.74) is 0.987. The highest BCUT2D eigenvalue weighted by atomic mass is 32.2. The van der Waals surface area contributed by atoms with E-state index in [4.69, 9.17) is 9.31 Å². The van der Waals surface area contributed by atoms with E-state index in [1.807, 2.05) is 68.6 Å². The second-order valence-corrected chi connectivity index (χ2v) is 8.34. The normalized spacial score (nSPS) is 23.1. The van der Waals surface area contributed by atoms with Crippen molar-refractivity contribution in [3.63, 3.8) is 0 Å². The van der Waals surface area contributed by atoms with E-state index in [0.717, 1.165) is 35.6 Å². The van der Waals surface area contributed by atoms with Crippen LogP contribution in [0.5, 0.6) is 0 Å². The summed E-state index contributed by atoms with van der Waals surface area (Å²) in [6, 6.07) is 7.64. The third-order valence-electron chi connectivity index (χ3n) is 4.98. The molecular weight excluding hydrogens is 309 g/mol. The zero-order valence-corrected chi connectivity index (χ0v) is 15.1. The fourth-order valence-corrected chi connectivity index (χ4v) is 3.61. The summed E-state index contributed by atoms with van der Waals surface area (Å²) in [7, 11) is -0.379. The first-order chi connectivity index (χ1) is 10.8. The standard InChI is InChI=1S/C17H24BNO3S/c1-16(2)17(3,4)22-18(21-16)14-7-5-13(6-8-14)15(20)19-9-11-23-12-10-19/h5-8H,9-12H2,1-4H3. The molecule has 1 aromatic carbocycles. The molecule has 2 aliphatic rings. The molecule has 0 unspecified atom stereocenters. The quantitative estimate of drug-likeness (QED) is 0.778. The first-order valence-corrected chi connectivity index (χ1v) is 9.28. The Morgan fingerprint density at radius 3 is 2.09 bits per heavy atom. The van der Waals surface area contributed by atoms with Gasteiger partial charge in [-0.15, -0.1) is 0 Å². The second kappa shape index (κ2) is 6.15. The Bertz CT molecular complexity index is 566. The van der Waals surface area contributed by atoms with E-state index in [0.29, 0.717) is 0 Å². The van der Waals surface area contributed by atoms with E-state index in [9.17, 15) is 4.79 Å². The number of benzene rings is 1. The number of hydrogen-bond acceptors (Lipinski definition) is 4. The summed E-state index contributed by atoms with van der Waals surface area (Å²) in [5.74, 6) is 2.17. The van der Waals surface area contributed by atoms with Crippen LogP contribution in [0.1, 0.15) is 38.1 Å². The van der Waals surface area contributed by atoms with Gasteiger partial charge in [-0.3, -0.25) is 4.79 Å². The molecule has 2 fully saturated rings. The van der Waals surface area contributed by atoms with Crippen molar-refractivity contribution in [1.29, 1.82) is 0 Å². The van der Waals surface area contributed by atoms with Crippen LogP contribution in [-0.4, -0.2) is 53.7 Å². The summed E-state index contributed by atoms with van der Waals surface area (Å²) in [6.07, 6.45) is 0. The highest BCUT2D eigenvalue weighted by Gasteiger charge is 2.51. The Morgan fingerprint density at radius 1 is 1.04 bits per heavy atom. The number of nitrogens with zero attached hydrogens (tertiary/aromatic N) is 1. The molecule has 0 spiro atoms. The minimum absolute atomic E-state index is 0.116. The molecule has 1 amide bonds. The van der Waals surface area contributed by atoms with E-state index in [1.165, 1.54) is 0 Å². The highest BCUT2D eigenvalue weighted by Crippen LogP contribution is 2.36. The van der Waals surface area contributed by atoms with Gasteiger partial charge in [0.1, 0.15) is 0 Å². The number of amides is 1. The van der Waals surface area contributed by atoms with E-state index < -0.39 is 0 Å². The van der Waals surface area contributed by atoms with Crippen molar-refractivity contribution in [2.45, 2.75) is 38.9 Å². The Balaban J connectivity index is 1.71. The lowest BCUT2D eigenvalue weighted by Gasteiger charge is -2.32. The molecule has 2 aliphatic heterocycles. The van der Waals surface area contributed by atoms with Gasteiger partial charge in [0.25, 0.3) is 5.91 Å². The van der Waals surface area contributed by atoms with E-state index in [2.05, 4.69) is 0 Å². The van der Waals surface area contributed by atoms with Crippen molar-refractivity contribution in [2.24, 2.45) is 0 Å². The lowest BCUT2D eigenvalue weighted by Crippen LogP contribution is -2.41. The van der Waals surface area contributed by atoms with Crippen LogP contribution >= 0.6 is 11.8 Å². The van der Waals surface area contributed by atoms with Gasteiger partial charge >= 0.3 is 7.12 Å². The monoisotopic (exact) mass is 333 g/mol. The van der Waals surface area contributed by atoms with Crippen LogP contribution in [0, 0.1) is 0 Å². The Morgan fingerprint density at radius 2 is 1.57 bits per heavy atom. The van der Waals surface area contributed by atoms with Crippen LogP contribution in [0.4, 0.5) is 0 Å². The molecule has 0 bridgehead atoms. The number of carbonyl (C=O) groups excluding carboxylic acids is 1. The molecule has 2 heterocycles. The summed E-state index contributed by atoms with van der Waals surface area (Å²) in [4.78, 5) is 14.4. The number of carbonyl (C=O) groups is 1. The molecule has 0 aromatic heterocycles. The number of thioether (sulfide) groups is 1. The van der Waals surface area contributed by atoms with Crippen LogP contribution in [0.2, 0.25) is 0 Å². The van der Waals surface area contributed by atoms with Crippen molar-refractivity contribution in [1.82, 2.24) is 4.90 Å². The molecule has 1 aromatic rings. The fourth-order valence-electron chi connectivity index (χ4n) is 2.71. The van der Waals surface area contributed by atoms with Gasteiger partial charge in [0.2, 0.25) is 0 Å². The van der Waals surface area contributed by atoms with Gasteiger partial charge in [0, 0.05) is 30.2 Å². The van der Waals surface area contributed by atoms with Crippen molar-refractivity contribution >= 4 is 30.3 Å². The van der Waals surface area contributed by atoms with Gasteiger partial charge in [-0.1, -0.05) is 12.1 Å². The first-order valence-electron chi connectivity index (χ1n) is 8.13. The minimum atomic E-state index is -0.379. The fraction of sp³-hybridized carbons (Fsp3) is 0.588. The zero-order chi connectivity index (χ0) is 16.7. The molecular formula is C17H24BNO3S. The van der Waals surface area contributed by atoms with Crippen molar-refractivity contribution < 1.29 is 14.1 Å². The topological polar surface area (TPSA) is 38.8 Å². The molecule has 4 nitrogen and oxygen atoms in total. The average molecular weight is 333 g/mol. The van der Waals surface area contributed by atoms with Crippen LogP contribution in [0.15, 0.2) is 24.3 Å². The molecule has 6 heteroatoms. The molecule has 23 heavy (non-hydrogen) atoms. The highest BCUT2D eigenvalue weighted by molar-refractivity contribution is 7.99. The lowest BCUT2D eigenvalue weighted by molar-refractivity contribution is 0.00578. The third kappa shape index (κ3) is 3.30. The maximum Gasteiger partial charge on any atom is 0.494 e. The summed E-state index contributed by atoms with van der Waals surface area (Å²) >= 11 is 1.90. The maximum absolute atomic E-state index is 12.5. The van der Waals surface area contributed by atoms with Crippen molar-refractivity contribution in [2.75, 3.05) is 24.6 Å². The number of hydrogen-bond donors (Lipinski definition) is 0. The predicted molar refractivity (Wildman–Crippen MR) is 95.4 cm³/mol. The Kier molecular flexibility index (Phi) is 4.51. The van der Waals surface area contributed by atoms with Gasteiger partial charge < -0.3 is 14.2 Å². The van der Waals surface area contributed by atoms with Crippen LogP contribution in [-0.2, 0) is 9.31 Å². The van der Waals surface area contributed by atoms with Crippen LogP contribution in [0.25, 0.3) is 0 Å². The molecule has 0 aliphatic carbocycles. The largest absolute Gasteiger partial charge is 0.494 e. The van der Waals surface area contributed by atoms with Gasteiger partial charge in [0.15, 0.2) is 0 Å². The molecule has 0 saturated carbocycles. The van der Waals surface area contributed by atoms with E-state index in [-0.39, 0.29) is 24.2 Å². The lowest BCUT2D eigenvalue weighted by atomic mass is 9.79. The van der Waals surface area contributed by atoms with E-state index >= 15 is 0 Å². The van der Waals surface area contributed by atoms with Gasteiger partial charge in [-0.05, 0) is 45.3 Å². The Hall–Kier alpha value is -0.975. The van der Waals surface area contributed by atoms with Crippen LogP contribution < -0.4 is 5.46 Å². The molecule has 0 N–H and O–H groups in total. The molecule has 2 saturated heterocycles. The summed E-state index contributed by atoms with van der Waals surface area (Å²) < 4.78 is 12.1. The Labute approximate surface area is 143 Å².